The third-order valence-corrected chi connectivity index (χ3v) is 4.44. The molecule has 3 N–H and O–H groups in total. The number of hydrogen-bond acceptors (Lipinski definition) is 7. The van der Waals surface area contributed by atoms with Gasteiger partial charge in [-0.2, -0.15) is 0 Å². The molecular weight excluding hydrogens is 390 g/mol. The molecule has 0 aliphatic rings. The van der Waals surface area contributed by atoms with Crippen molar-refractivity contribution in [2.75, 3.05) is 6.54 Å². The van der Waals surface area contributed by atoms with Crippen LogP contribution in [0.25, 0.3) is 21.9 Å². The zero-order valence-corrected chi connectivity index (χ0v) is 15.9. The van der Waals surface area contributed by atoms with Crippen LogP contribution >= 0.6 is 0 Å². The largest absolute Gasteiger partial charge is 0.480 e. The van der Waals surface area contributed by atoms with Gasteiger partial charge in [-0.15, -0.1) is 0 Å². The summed E-state index contributed by atoms with van der Waals surface area (Å²) < 4.78 is 11.4. The number of carboxylic acids is 1. The highest BCUT2D eigenvalue weighted by atomic mass is 16.5. The van der Waals surface area contributed by atoms with Gasteiger partial charge in [0.2, 0.25) is 0 Å². The standard InChI is InChI=1S/C21H17N3O6/c1-11-24-17-5-3-14(7-18(17)29-11)30-13-2-4-15-12(6-13)8-22-20(16(15)10-25)21(28)23-9-19(26)27/h2-8,25H,9-10H2,1H3,(H,23,28)(H,26,27). The molecule has 0 radical (unpaired) electrons. The SMILES string of the molecule is Cc1nc2ccc(Oc3ccc4c(CO)c(C(=O)NCC(=O)O)ncc4c3)cc2o1. The van der Waals surface area contributed by atoms with E-state index >= 15 is 0 Å². The van der Waals surface area contributed by atoms with E-state index in [1.807, 2.05) is 0 Å². The van der Waals surface area contributed by atoms with Crippen LogP contribution in [0.3, 0.4) is 0 Å². The van der Waals surface area contributed by atoms with Crippen molar-refractivity contribution in [1.29, 1.82) is 0 Å². The molecule has 152 valence electrons. The van der Waals surface area contributed by atoms with Gasteiger partial charge in [-0.05, 0) is 29.7 Å². The number of aryl methyl sites for hydroxylation is 1. The van der Waals surface area contributed by atoms with Gasteiger partial charge in [0.15, 0.2) is 11.5 Å². The van der Waals surface area contributed by atoms with Gasteiger partial charge in [0.25, 0.3) is 5.91 Å². The summed E-state index contributed by atoms with van der Waals surface area (Å²) in [6.45, 7) is 0.804. The highest BCUT2D eigenvalue weighted by Gasteiger charge is 2.17. The van der Waals surface area contributed by atoms with E-state index < -0.39 is 25.0 Å². The topological polar surface area (TPSA) is 135 Å². The molecular formula is C21H17N3O6. The van der Waals surface area contributed by atoms with E-state index in [9.17, 15) is 14.7 Å². The Morgan fingerprint density at radius 1 is 1.17 bits per heavy atom. The summed E-state index contributed by atoms with van der Waals surface area (Å²) >= 11 is 0. The molecule has 0 fully saturated rings. The number of hydrogen-bond donors (Lipinski definition) is 3. The fourth-order valence-corrected chi connectivity index (χ4v) is 3.14. The molecule has 0 unspecified atom stereocenters. The molecule has 9 heteroatoms. The smallest absolute Gasteiger partial charge is 0.322 e. The number of carboxylic acid groups (broad SMARTS) is 1. The highest BCUT2D eigenvalue weighted by Crippen LogP contribution is 2.30. The van der Waals surface area contributed by atoms with Crippen molar-refractivity contribution >= 4 is 33.7 Å². The van der Waals surface area contributed by atoms with Crippen LogP contribution in [0.1, 0.15) is 21.9 Å². The lowest BCUT2D eigenvalue weighted by Crippen LogP contribution is -2.30. The van der Waals surface area contributed by atoms with Gasteiger partial charge in [0.05, 0.1) is 6.61 Å². The average molecular weight is 407 g/mol. The first kappa shape index (κ1) is 19.3. The molecule has 0 aliphatic carbocycles. The van der Waals surface area contributed by atoms with Crippen LogP contribution in [-0.4, -0.2) is 38.6 Å². The number of carbonyl (C=O) groups is 2. The Balaban J connectivity index is 1.64. The lowest BCUT2D eigenvalue weighted by Gasteiger charge is -2.11. The van der Waals surface area contributed by atoms with Crippen LogP contribution < -0.4 is 10.1 Å². The summed E-state index contributed by atoms with van der Waals surface area (Å²) in [5, 5.41) is 22.0. The predicted octanol–water partition coefficient (Wildman–Crippen LogP) is 2.78. The molecule has 1 amide bonds. The monoisotopic (exact) mass is 407 g/mol. The second kappa shape index (κ2) is 7.80. The molecule has 0 atom stereocenters. The lowest BCUT2D eigenvalue weighted by molar-refractivity contribution is -0.135. The van der Waals surface area contributed by atoms with Crippen LogP contribution in [0.2, 0.25) is 0 Å². The number of carbonyl (C=O) groups excluding carboxylic acids is 1. The maximum Gasteiger partial charge on any atom is 0.322 e. The van der Waals surface area contributed by atoms with Crippen LogP contribution in [0.15, 0.2) is 47.0 Å². The lowest BCUT2D eigenvalue weighted by atomic mass is 10.0. The van der Waals surface area contributed by atoms with Gasteiger partial charge in [-0.3, -0.25) is 14.6 Å². The Kier molecular flexibility index (Phi) is 5.03. The summed E-state index contributed by atoms with van der Waals surface area (Å²) in [5.41, 5.74) is 1.64. The Morgan fingerprint density at radius 3 is 2.70 bits per heavy atom. The fraction of sp³-hybridized carbons (Fsp3) is 0.143. The number of aliphatic carboxylic acids is 1. The van der Waals surface area contributed by atoms with Crippen molar-refractivity contribution in [3.05, 3.63) is 59.7 Å². The number of aliphatic hydroxyl groups is 1. The molecule has 2 aromatic carbocycles. The van der Waals surface area contributed by atoms with Crippen LogP contribution in [-0.2, 0) is 11.4 Å². The Bertz CT molecular complexity index is 1280. The van der Waals surface area contributed by atoms with Gasteiger partial charge >= 0.3 is 5.97 Å². The van der Waals surface area contributed by atoms with Crippen molar-refractivity contribution in [2.24, 2.45) is 0 Å². The number of nitrogens with one attached hydrogen (secondary N) is 1. The number of nitrogens with zero attached hydrogens (tertiary/aromatic N) is 2. The number of rotatable bonds is 6. The third-order valence-electron chi connectivity index (χ3n) is 4.44. The summed E-state index contributed by atoms with van der Waals surface area (Å²) in [5.74, 6) is -0.169. The first-order valence-electron chi connectivity index (χ1n) is 9.02. The van der Waals surface area contributed by atoms with E-state index in [-0.39, 0.29) is 5.69 Å². The quantitative estimate of drug-likeness (QED) is 0.444. The highest BCUT2D eigenvalue weighted by molar-refractivity contribution is 6.00. The Hall–Kier alpha value is -3.98. The second-order valence-electron chi connectivity index (χ2n) is 6.53. The summed E-state index contributed by atoms with van der Waals surface area (Å²) in [4.78, 5) is 31.2. The minimum atomic E-state index is -1.17. The van der Waals surface area contributed by atoms with E-state index in [2.05, 4.69) is 15.3 Å². The maximum absolute atomic E-state index is 12.2. The first-order chi connectivity index (χ1) is 14.4. The second-order valence-corrected chi connectivity index (χ2v) is 6.53. The normalized spacial score (nSPS) is 11.0. The Morgan fingerprint density at radius 2 is 1.93 bits per heavy atom. The van der Waals surface area contributed by atoms with Crippen molar-refractivity contribution in [1.82, 2.24) is 15.3 Å². The maximum atomic E-state index is 12.2. The minimum absolute atomic E-state index is 0.0222. The zero-order valence-electron chi connectivity index (χ0n) is 15.9. The fourth-order valence-electron chi connectivity index (χ4n) is 3.14. The van der Waals surface area contributed by atoms with E-state index in [0.717, 1.165) is 5.52 Å². The molecule has 4 rings (SSSR count). The van der Waals surface area contributed by atoms with Crippen LogP contribution in [0.5, 0.6) is 11.5 Å². The number of ether oxygens (including phenoxy) is 1. The number of aromatic nitrogens is 2. The number of aliphatic hydroxyl groups excluding tert-OH is 1. The van der Waals surface area contributed by atoms with Crippen molar-refractivity contribution in [3.8, 4) is 11.5 Å². The third kappa shape index (κ3) is 3.78. The van der Waals surface area contributed by atoms with Gasteiger partial charge < -0.3 is 24.7 Å². The number of pyridine rings is 1. The molecule has 0 aliphatic heterocycles. The number of amides is 1. The van der Waals surface area contributed by atoms with Crippen molar-refractivity contribution < 1.29 is 29.0 Å². The molecule has 2 aromatic heterocycles. The van der Waals surface area contributed by atoms with Gasteiger partial charge in [-0.25, -0.2) is 4.98 Å². The number of benzene rings is 2. The predicted molar refractivity (Wildman–Crippen MR) is 106 cm³/mol. The first-order valence-corrected chi connectivity index (χ1v) is 9.02. The molecule has 9 nitrogen and oxygen atoms in total. The van der Waals surface area contributed by atoms with E-state index in [4.69, 9.17) is 14.3 Å². The summed E-state index contributed by atoms with van der Waals surface area (Å²) in [7, 11) is 0. The molecule has 0 spiro atoms. The molecule has 4 aromatic rings. The summed E-state index contributed by atoms with van der Waals surface area (Å²) in [6.07, 6.45) is 1.47. The molecule has 0 saturated heterocycles. The molecule has 0 saturated carbocycles. The van der Waals surface area contributed by atoms with Gasteiger partial charge in [0, 0.05) is 30.1 Å². The number of oxazole rings is 1. The molecule has 2 heterocycles. The minimum Gasteiger partial charge on any atom is -0.480 e. The Labute approximate surface area is 169 Å². The summed E-state index contributed by atoms with van der Waals surface area (Å²) in [6, 6.07) is 10.5. The molecule has 30 heavy (non-hydrogen) atoms. The molecule has 0 bridgehead atoms. The van der Waals surface area contributed by atoms with E-state index in [0.29, 0.717) is 39.3 Å². The van der Waals surface area contributed by atoms with E-state index in [1.54, 1.807) is 43.3 Å². The van der Waals surface area contributed by atoms with E-state index in [1.165, 1.54) is 6.20 Å². The van der Waals surface area contributed by atoms with Crippen molar-refractivity contribution in [3.63, 3.8) is 0 Å². The average Bonchev–Trinajstić information content (AvgIpc) is 3.10. The van der Waals surface area contributed by atoms with Gasteiger partial charge in [0.1, 0.15) is 29.3 Å². The van der Waals surface area contributed by atoms with Crippen LogP contribution in [0.4, 0.5) is 0 Å². The van der Waals surface area contributed by atoms with Crippen molar-refractivity contribution in [2.45, 2.75) is 13.5 Å². The van der Waals surface area contributed by atoms with Crippen LogP contribution in [0, 0.1) is 6.92 Å². The zero-order chi connectivity index (χ0) is 21.3. The van der Waals surface area contributed by atoms with Gasteiger partial charge in [-0.1, -0.05) is 6.07 Å². The number of fused-ring (bicyclic) bond motifs is 2.